The van der Waals surface area contributed by atoms with Crippen LogP contribution >= 0.6 is 12.4 Å². The Labute approximate surface area is 141 Å². The molecule has 3 rings (SSSR count). The summed E-state index contributed by atoms with van der Waals surface area (Å²) >= 11 is 0. The molecular formula is C17H19ClN4O. The van der Waals surface area contributed by atoms with E-state index < -0.39 is 0 Å². The first-order valence-electron chi connectivity index (χ1n) is 7.11. The lowest BCUT2D eigenvalue weighted by Crippen LogP contribution is -2.06. The SMILES string of the molecule is CNc1nc(NCc2ccc(OC)cc2)nc2ccccc12.Cl. The number of hydrogen-bond acceptors (Lipinski definition) is 5. The molecule has 120 valence electrons. The molecule has 0 saturated heterocycles. The van der Waals surface area contributed by atoms with Gasteiger partial charge in [0.2, 0.25) is 5.95 Å². The van der Waals surface area contributed by atoms with Gasteiger partial charge in [0, 0.05) is 19.0 Å². The van der Waals surface area contributed by atoms with Gasteiger partial charge in [0.15, 0.2) is 0 Å². The number of para-hydroxylation sites is 1. The number of rotatable bonds is 5. The highest BCUT2D eigenvalue weighted by Gasteiger charge is 2.05. The molecule has 0 unspecified atom stereocenters. The monoisotopic (exact) mass is 330 g/mol. The number of hydrogen-bond donors (Lipinski definition) is 2. The Morgan fingerprint density at radius 1 is 1.00 bits per heavy atom. The molecule has 0 spiro atoms. The van der Waals surface area contributed by atoms with Crippen LogP contribution in [-0.4, -0.2) is 24.1 Å². The Kier molecular flexibility index (Phi) is 5.60. The van der Waals surface area contributed by atoms with Crippen molar-refractivity contribution in [3.05, 3.63) is 54.1 Å². The summed E-state index contributed by atoms with van der Waals surface area (Å²) in [5.74, 6) is 2.28. The van der Waals surface area contributed by atoms with E-state index in [-0.39, 0.29) is 12.4 Å². The topological polar surface area (TPSA) is 59.1 Å². The molecule has 5 nitrogen and oxygen atoms in total. The molecule has 0 aliphatic heterocycles. The molecule has 0 atom stereocenters. The molecule has 0 aliphatic carbocycles. The fourth-order valence-electron chi connectivity index (χ4n) is 2.27. The number of anilines is 2. The second kappa shape index (κ2) is 7.65. The third-order valence-corrected chi connectivity index (χ3v) is 3.45. The zero-order valence-corrected chi connectivity index (χ0v) is 13.9. The Bertz CT molecular complexity index is 777. The molecule has 1 heterocycles. The van der Waals surface area contributed by atoms with Crippen molar-refractivity contribution in [2.45, 2.75) is 6.54 Å². The summed E-state index contributed by atoms with van der Waals surface area (Å²) in [6.07, 6.45) is 0. The third-order valence-electron chi connectivity index (χ3n) is 3.45. The van der Waals surface area contributed by atoms with Crippen LogP contribution in [-0.2, 0) is 6.54 Å². The van der Waals surface area contributed by atoms with E-state index in [1.54, 1.807) is 7.11 Å². The van der Waals surface area contributed by atoms with Gasteiger partial charge in [-0.3, -0.25) is 0 Å². The van der Waals surface area contributed by atoms with Crippen LogP contribution in [0.1, 0.15) is 5.56 Å². The number of halogens is 1. The van der Waals surface area contributed by atoms with E-state index in [2.05, 4.69) is 20.6 Å². The first-order chi connectivity index (χ1) is 10.8. The number of nitrogens with one attached hydrogen (secondary N) is 2. The molecule has 0 bridgehead atoms. The third kappa shape index (κ3) is 3.81. The Balaban J connectivity index is 0.00000192. The van der Waals surface area contributed by atoms with E-state index in [0.717, 1.165) is 28.0 Å². The number of fused-ring (bicyclic) bond motifs is 1. The molecule has 2 aromatic carbocycles. The van der Waals surface area contributed by atoms with Crippen LogP contribution in [0.3, 0.4) is 0 Å². The standard InChI is InChI=1S/C17H18N4O.ClH/c1-18-16-14-5-3-4-6-15(14)20-17(21-16)19-11-12-7-9-13(22-2)10-8-12;/h3-10H,11H2,1-2H3,(H2,18,19,20,21);1H. The highest BCUT2D eigenvalue weighted by Crippen LogP contribution is 2.21. The molecule has 6 heteroatoms. The number of aromatic nitrogens is 2. The van der Waals surface area contributed by atoms with Crippen molar-refractivity contribution >= 4 is 35.1 Å². The quantitative estimate of drug-likeness (QED) is 0.746. The molecule has 1 aromatic heterocycles. The van der Waals surface area contributed by atoms with E-state index in [4.69, 9.17) is 4.74 Å². The Morgan fingerprint density at radius 3 is 2.43 bits per heavy atom. The second-order valence-corrected chi connectivity index (χ2v) is 4.86. The molecular weight excluding hydrogens is 312 g/mol. The van der Waals surface area contributed by atoms with Gasteiger partial charge in [0.25, 0.3) is 0 Å². The van der Waals surface area contributed by atoms with Gasteiger partial charge in [0.1, 0.15) is 11.6 Å². The van der Waals surface area contributed by atoms with Gasteiger partial charge in [-0.2, -0.15) is 4.98 Å². The van der Waals surface area contributed by atoms with Crippen LogP contribution in [0.5, 0.6) is 5.75 Å². The molecule has 0 fully saturated rings. The van der Waals surface area contributed by atoms with Crippen LogP contribution in [0, 0.1) is 0 Å². The van der Waals surface area contributed by atoms with Gasteiger partial charge in [-0.05, 0) is 29.8 Å². The molecule has 0 aliphatic rings. The predicted molar refractivity (Wildman–Crippen MR) is 96.7 cm³/mol. The van der Waals surface area contributed by atoms with Crippen molar-refractivity contribution in [2.75, 3.05) is 24.8 Å². The van der Waals surface area contributed by atoms with Crippen molar-refractivity contribution in [3.63, 3.8) is 0 Å². The summed E-state index contributed by atoms with van der Waals surface area (Å²) in [4.78, 5) is 9.06. The van der Waals surface area contributed by atoms with E-state index >= 15 is 0 Å². The van der Waals surface area contributed by atoms with Gasteiger partial charge < -0.3 is 15.4 Å². The molecule has 2 N–H and O–H groups in total. The molecule has 0 radical (unpaired) electrons. The summed E-state index contributed by atoms with van der Waals surface area (Å²) in [5, 5.41) is 7.39. The smallest absolute Gasteiger partial charge is 0.225 e. The summed E-state index contributed by atoms with van der Waals surface area (Å²) in [5.41, 5.74) is 2.06. The maximum absolute atomic E-state index is 5.16. The maximum Gasteiger partial charge on any atom is 0.225 e. The van der Waals surface area contributed by atoms with Crippen LogP contribution in [0.4, 0.5) is 11.8 Å². The van der Waals surface area contributed by atoms with E-state index in [1.165, 1.54) is 0 Å². The first-order valence-corrected chi connectivity index (χ1v) is 7.11. The maximum atomic E-state index is 5.16. The largest absolute Gasteiger partial charge is 0.497 e. The number of ether oxygens (including phenoxy) is 1. The summed E-state index contributed by atoms with van der Waals surface area (Å²) < 4.78 is 5.16. The Morgan fingerprint density at radius 2 is 1.74 bits per heavy atom. The number of benzene rings is 2. The van der Waals surface area contributed by atoms with Gasteiger partial charge in [-0.1, -0.05) is 24.3 Å². The van der Waals surface area contributed by atoms with Crippen LogP contribution < -0.4 is 15.4 Å². The van der Waals surface area contributed by atoms with E-state index in [1.807, 2.05) is 55.6 Å². The molecule has 0 saturated carbocycles. The highest BCUT2D eigenvalue weighted by molar-refractivity contribution is 5.89. The van der Waals surface area contributed by atoms with Gasteiger partial charge in [-0.15, -0.1) is 12.4 Å². The zero-order valence-electron chi connectivity index (χ0n) is 13.0. The zero-order chi connectivity index (χ0) is 15.4. The first kappa shape index (κ1) is 16.8. The fourth-order valence-corrected chi connectivity index (χ4v) is 2.27. The van der Waals surface area contributed by atoms with Gasteiger partial charge in [0.05, 0.1) is 12.6 Å². The lowest BCUT2D eigenvalue weighted by molar-refractivity contribution is 0.414. The average Bonchev–Trinajstić information content (AvgIpc) is 2.59. The lowest BCUT2D eigenvalue weighted by Gasteiger charge is -2.10. The van der Waals surface area contributed by atoms with Crippen LogP contribution in [0.15, 0.2) is 48.5 Å². The van der Waals surface area contributed by atoms with Crippen LogP contribution in [0.2, 0.25) is 0 Å². The second-order valence-electron chi connectivity index (χ2n) is 4.86. The van der Waals surface area contributed by atoms with Crippen molar-refractivity contribution in [3.8, 4) is 5.75 Å². The summed E-state index contributed by atoms with van der Waals surface area (Å²) in [6, 6.07) is 15.9. The summed E-state index contributed by atoms with van der Waals surface area (Å²) in [6.45, 7) is 0.658. The van der Waals surface area contributed by atoms with Crippen molar-refractivity contribution in [2.24, 2.45) is 0 Å². The van der Waals surface area contributed by atoms with E-state index in [0.29, 0.717) is 12.5 Å². The predicted octanol–water partition coefficient (Wildman–Crippen LogP) is 3.71. The molecule has 0 amide bonds. The highest BCUT2D eigenvalue weighted by atomic mass is 35.5. The minimum atomic E-state index is 0. The van der Waals surface area contributed by atoms with Gasteiger partial charge in [-0.25, -0.2) is 4.98 Å². The minimum absolute atomic E-state index is 0. The number of methoxy groups -OCH3 is 1. The summed E-state index contributed by atoms with van der Waals surface area (Å²) in [7, 11) is 3.53. The van der Waals surface area contributed by atoms with Crippen LogP contribution in [0.25, 0.3) is 10.9 Å². The minimum Gasteiger partial charge on any atom is -0.497 e. The fraction of sp³-hybridized carbons (Fsp3) is 0.176. The Hall–Kier alpha value is -2.53. The normalized spacial score (nSPS) is 10.0. The van der Waals surface area contributed by atoms with Crippen molar-refractivity contribution in [1.29, 1.82) is 0 Å². The lowest BCUT2D eigenvalue weighted by atomic mass is 10.2. The average molecular weight is 331 g/mol. The van der Waals surface area contributed by atoms with Crippen molar-refractivity contribution in [1.82, 2.24) is 9.97 Å². The van der Waals surface area contributed by atoms with Crippen molar-refractivity contribution < 1.29 is 4.74 Å². The molecule has 23 heavy (non-hydrogen) atoms. The van der Waals surface area contributed by atoms with E-state index in [9.17, 15) is 0 Å². The molecule has 3 aromatic rings. The number of nitrogens with zero attached hydrogens (tertiary/aromatic N) is 2. The van der Waals surface area contributed by atoms with Gasteiger partial charge >= 0.3 is 0 Å².